The van der Waals surface area contributed by atoms with E-state index in [1.165, 1.54) is 5.56 Å². The highest BCUT2D eigenvalue weighted by Gasteiger charge is 1.92. The predicted molar refractivity (Wildman–Crippen MR) is 45.6 cm³/mol. The normalized spacial score (nSPS) is 9.08. The number of carbonyl (C=O) groups excluding carboxylic acids is 1. The Morgan fingerprint density at radius 1 is 1.42 bits per heavy atom. The van der Waals surface area contributed by atoms with E-state index in [-0.39, 0.29) is 0 Å². The van der Waals surface area contributed by atoms with Crippen LogP contribution < -0.4 is 10.3 Å². The fourth-order valence-electron chi connectivity index (χ4n) is 0.885. The molecule has 0 unspecified atom stereocenters. The fourth-order valence-corrected chi connectivity index (χ4v) is 0.885. The molecule has 0 radical (unpaired) electrons. The van der Waals surface area contributed by atoms with Gasteiger partial charge in [0.25, 0.3) is 0 Å². The lowest BCUT2D eigenvalue weighted by atomic mass is 10.2. The molecule has 1 aromatic carbocycles. The first-order valence-electron chi connectivity index (χ1n) is 3.81. The molecule has 0 aliphatic heterocycles. The number of nitrogens with one attached hydrogen (secondary N) is 1. The van der Waals surface area contributed by atoms with Crippen LogP contribution in [0.2, 0.25) is 0 Å². The molecule has 3 nitrogen and oxygen atoms in total. The van der Waals surface area contributed by atoms with Gasteiger partial charge in [-0.3, -0.25) is 4.79 Å². The maximum absolute atomic E-state index is 9.87. The highest BCUT2D eigenvalue weighted by Crippen LogP contribution is 2.10. The molecule has 64 valence electrons. The number of amides is 1. The van der Waals surface area contributed by atoms with Gasteiger partial charge < -0.3 is 4.84 Å². The Morgan fingerprint density at radius 3 is 2.58 bits per heavy atom. The second kappa shape index (κ2) is 4.38. The maximum Gasteiger partial charge on any atom is 0.239 e. The van der Waals surface area contributed by atoms with Gasteiger partial charge in [0.05, 0.1) is 0 Å². The summed E-state index contributed by atoms with van der Waals surface area (Å²) in [6.07, 6.45) is 1.50. The van der Waals surface area contributed by atoms with Gasteiger partial charge in [-0.2, -0.15) is 5.48 Å². The van der Waals surface area contributed by atoms with Gasteiger partial charge in [0.1, 0.15) is 0 Å². The Bertz CT molecular complexity index is 243. The highest BCUT2D eigenvalue weighted by atomic mass is 16.6. The van der Waals surface area contributed by atoms with Crippen molar-refractivity contribution in [2.24, 2.45) is 0 Å². The number of hydroxylamine groups is 1. The average molecular weight is 165 g/mol. The van der Waals surface area contributed by atoms with E-state index in [1.807, 2.05) is 24.3 Å². The van der Waals surface area contributed by atoms with E-state index < -0.39 is 0 Å². The zero-order valence-corrected chi connectivity index (χ0v) is 6.91. The molecule has 0 aliphatic carbocycles. The smallest absolute Gasteiger partial charge is 0.239 e. The van der Waals surface area contributed by atoms with Crippen LogP contribution in [0.1, 0.15) is 12.5 Å². The SMILES string of the molecule is CCc1ccc(ONC=O)cc1. The van der Waals surface area contributed by atoms with E-state index >= 15 is 0 Å². The molecule has 1 N–H and O–H groups in total. The quantitative estimate of drug-likeness (QED) is 0.539. The summed E-state index contributed by atoms with van der Waals surface area (Å²) in [5.74, 6) is 0.638. The van der Waals surface area contributed by atoms with Gasteiger partial charge in [-0.1, -0.05) is 19.1 Å². The van der Waals surface area contributed by atoms with Crippen LogP contribution in [-0.2, 0) is 11.2 Å². The van der Waals surface area contributed by atoms with Crippen LogP contribution in [0.3, 0.4) is 0 Å². The first-order chi connectivity index (χ1) is 5.86. The van der Waals surface area contributed by atoms with Crippen molar-refractivity contribution in [3.63, 3.8) is 0 Å². The zero-order chi connectivity index (χ0) is 8.81. The van der Waals surface area contributed by atoms with Gasteiger partial charge in [0.15, 0.2) is 5.75 Å². The van der Waals surface area contributed by atoms with E-state index in [9.17, 15) is 4.79 Å². The average Bonchev–Trinajstić information content (AvgIpc) is 2.15. The van der Waals surface area contributed by atoms with Crippen molar-refractivity contribution in [2.75, 3.05) is 0 Å². The Balaban J connectivity index is 2.58. The van der Waals surface area contributed by atoms with Crippen LogP contribution in [0.5, 0.6) is 5.75 Å². The molecule has 0 spiro atoms. The standard InChI is InChI=1S/C9H11NO2/c1-2-8-3-5-9(6-4-8)12-10-7-11/h3-7H,2H2,1H3,(H,10,11). The van der Waals surface area contributed by atoms with E-state index in [4.69, 9.17) is 4.84 Å². The van der Waals surface area contributed by atoms with E-state index in [1.54, 1.807) is 0 Å². The molecular formula is C9H11NO2. The summed E-state index contributed by atoms with van der Waals surface area (Å²) in [4.78, 5) is 14.7. The van der Waals surface area contributed by atoms with Crippen LogP contribution in [0, 0.1) is 0 Å². The summed E-state index contributed by atoms with van der Waals surface area (Å²) < 4.78 is 0. The Labute approximate surface area is 71.3 Å². The molecule has 0 bridgehead atoms. The molecule has 12 heavy (non-hydrogen) atoms. The first kappa shape index (κ1) is 8.59. The molecule has 1 amide bonds. The Morgan fingerprint density at radius 2 is 2.08 bits per heavy atom. The topological polar surface area (TPSA) is 38.3 Å². The molecule has 0 atom stereocenters. The predicted octanol–water partition coefficient (Wildman–Crippen LogP) is 1.29. The van der Waals surface area contributed by atoms with Crippen molar-refractivity contribution < 1.29 is 9.63 Å². The van der Waals surface area contributed by atoms with Crippen LogP contribution in [-0.4, -0.2) is 6.41 Å². The summed E-state index contributed by atoms with van der Waals surface area (Å²) >= 11 is 0. The number of aryl methyl sites for hydroxylation is 1. The third kappa shape index (κ3) is 2.27. The van der Waals surface area contributed by atoms with Crippen LogP contribution >= 0.6 is 0 Å². The summed E-state index contributed by atoms with van der Waals surface area (Å²) in [6.45, 7) is 2.08. The zero-order valence-electron chi connectivity index (χ0n) is 6.91. The van der Waals surface area contributed by atoms with Crippen molar-refractivity contribution in [2.45, 2.75) is 13.3 Å². The van der Waals surface area contributed by atoms with Gasteiger partial charge in [0.2, 0.25) is 6.41 Å². The summed E-state index contributed by atoms with van der Waals surface area (Å²) in [5, 5.41) is 0. The molecule has 0 fully saturated rings. The summed E-state index contributed by atoms with van der Waals surface area (Å²) in [7, 11) is 0. The van der Waals surface area contributed by atoms with E-state index in [0.29, 0.717) is 12.2 Å². The Kier molecular flexibility index (Phi) is 3.14. The second-order valence-electron chi connectivity index (χ2n) is 2.34. The number of hydrogen-bond donors (Lipinski definition) is 1. The number of carbonyl (C=O) groups is 1. The summed E-state index contributed by atoms with van der Waals surface area (Å²) in [6, 6.07) is 7.55. The van der Waals surface area contributed by atoms with Gasteiger partial charge in [-0.05, 0) is 24.1 Å². The Hall–Kier alpha value is -1.51. The number of rotatable bonds is 4. The molecule has 0 heterocycles. The fraction of sp³-hybridized carbons (Fsp3) is 0.222. The van der Waals surface area contributed by atoms with Gasteiger partial charge >= 0.3 is 0 Å². The van der Waals surface area contributed by atoms with Gasteiger partial charge in [0, 0.05) is 0 Å². The lowest BCUT2D eigenvalue weighted by Crippen LogP contribution is -2.15. The van der Waals surface area contributed by atoms with Crippen LogP contribution in [0.4, 0.5) is 0 Å². The molecule has 0 aromatic heterocycles. The lowest BCUT2D eigenvalue weighted by molar-refractivity contribution is -0.115. The summed E-state index contributed by atoms with van der Waals surface area (Å²) in [5.41, 5.74) is 3.37. The molecule has 1 rings (SSSR count). The van der Waals surface area contributed by atoms with E-state index in [2.05, 4.69) is 12.4 Å². The van der Waals surface area contributed by atoms with Gasteiger partial charge in [-0.25, -0.2) is 0 Å². The highest BCUT2D eigenvalue weighted by molar-refractivity contribution is 5.44. The van der Waals surface area contributed by atoms with Crippen LogP contribution in [0.25, 0.3) is 0 Å². The molecular weight excluding hydrogens is 154 g/mol. The van der Waals surface area contributed by atoms with Crippen molar-refractivity contribution in [3.05, 3.63) is 29.8 Å². The minimum absolute atomic E-state index is 0.494. The molecule has 0 aliphatic rings. The third-order valence-electron chi connectivity index (χ3n) is 1.56. The van der Waals surface area contributed by atoms with Crippen molar-refractivity contribution in [3.8, 4) is 5.75 Å². The minimum atomic E-state index is 0.494. The minimum Gasteiger partial charge on any atom is -0.380 e. The molecule has 1 aromatic rings. The van der Waals surface area contributed by atoms with E-state index in [0.717, 1.165) is 6.42 Å². The first-order valence-corrected chi connectivity index (χ1v) is 3.81. The van der Waals surface area contributed by atoms with Gasteiger partial charge in [-0.15, -0.1) is 0 Å². The van der Waals surface area contributed by atoms with Crippen molar-refractivity contribution >= 4 is 6.41 Å². The molecule has 0 saturated carbocycles. The third-order valence-corrected chi connectivity index (χ3v) is 1.56. The number of benzene rings is 1. The number of hydrogen-bond acceptors (Lipinski definition) is 2. The van der Waals surface area contributed by atoms with Crippen LogP contribution in [0.15, 0.2) is 24.3 Å². The lowest BCUT2D eigenvalue weighted by Gasteiger charge is -2.02. The monoisotopic (exact) mass is 165 g/mol. The largest absolute Gasteiger partial charge is 0.380 e. The second-order valence-corrected chi connectivity index (χ2v) is 2.34. The maximum atomic E-state index is 9.87. The molecule has 0 saturated heterocycles. The molecule has 3 heteroatoms. The van der Waals surface area contributed by atoms with Crippen molar-refractivity contribution in [1.82, 2.24) is 5.48 Å². The van der Waals surface area contributed by atoms with Crippen molar-refractivity contribution in [1.29, 1.82) is 0 Å².